The van der Waals surface area contributed by atoms with Gasteiger partial charge in [-0.05, 0) is 50.6 Å². The van der Waals surface area contributed by atoms with Crippen molar-refractivity contribution < 1.29 is 13.2 Å². The summed E-state index contributed by atoms with van der Waals surface area (Å²) in [4.78, 5) is 0.948. The summed E-state index contributed by atoms with van der Waals surface area (Å²) in [6, 6.07) is 9.18. The molecule has 1 aromatic carbocycles. The average Bonchev–Trinajstić information content (AvgIpc) is 3.28. The molecule has 0 aliphatic carbocycles. The maximum absolute atomic E-state index is 12.9. The largest absolute Gasteiger partial charge is 0.491 e. The molecule has 3 heterocycles. The van der Waals surface area contributed by atoms with E-state index in [1.54, 1.807) is 30.5 Å². The quantitative estimate of drug-likeness (QED) is 0.723. The predicted molar refractivity (Wildman–Crippen MR) is 103 cm³/mol. The van der Waals surface area contributed by atoms with E-state index in [9.17, 15) is 8.42 Å². The van der Waals surface area contributed by atoms with E-state index in [-0.39, 0.29) is 4.21 Å². The lowest BCUT2D eigenvalue weighted by molar-refractivity contribution is 0.241. The molecular weight excluding hydrogens is 370 g/mol. The van der Waals surface area contributed by atoms with E-state index < -0.39 is 10.0 Å². The molecule has 8 heteroatoms. The number of fused-ring (bicyclic) bond motifs is 1. The number of hydrogen-bond acceptors (Lipinski definition) is 6. The minimum Gasteiger partial charge on any atom is -0.491 e. The molecule has 0 bridgehead atoms. The van der Waals surface area contributed by atoms with E-state index in [1.807, 2.05) is 13.0 Å². The standard InChI is InChI=1S/C18H21N3O3S2/c1-13-8-9-18(25-13)26(22,23)21-16-6-4-7-17(15(16)11-20-21)24-12-14-5-2-3-10-19-14/h4,6-9,11,14,19H,2-3,5,10,12H2,1H3. The predicted octanol–water partition coefficient (Wildman–Crippen LogP) is 3.16. The van der Waals surface area contributed by atoms with Crippen molar-refractivity contribution in [2.75, 3.05) is 13.2 Å². The van der Waals surface area contributed by atoms with Crippen LogP contribution in [-0.2, 0) is 10.0 Å². The van der Waals surface area contributed by atoms with E-state index in [2.05, 4.69) is 10.4 Å². The number of thiophene rings is 1. The van der Waals surface area contributed by atoms with Gasteiger partial charge in [-0.2, -0.15) is 17.6 Å². The van der Waals surface area contributed by atoms with Crippen LogP contribution in [0.3, 0.4) is 0 Å². The Labute approximate surface area is 156 Å². The molecule has 0 spiro atoms. The summed E-state index contributed by atoms with van der Waals surface area (Å²) in [7, 11) is -3.70. The Kier molecular flexibility index (Phi) is 4.73. The van der Waals surface area contributed by atoms with Crippen molar-refractivity contribution in [3.8, 4) is 5.75 Å². The Morgan fingerprint density at radius 2 is 2.19 bits per heavy atom. The van der Waals surface area contributed by atoms with Gasteiger partial charge in [0.1, 0.15) is 16.6 Å². The molecule has 1 fully saturated rings. The van der Waals surface area contributed by atoms with Crippen molar-refractivity contribution in [3.05, 3.63) is 41.4 Å². The van der Waals surface area contributed by atoms with Gasteiger partial charge < -0.3 is 10.1 Å². The number of hydrogen-bond donors (Lipinski definition) is 1. The van der Waals surface area contributed by atoms with Crippen LogP contribution in [0, 0.1) is 6.92 Å². The fourth-order valence-corrected chi connectivity index (χ4v) is 5.83. The van der Waals surface area contributed by atoms with Gasteiger partial charge in [0.15, 0.2) is 0 Å². The third-order valence-corrected chi connectivity index (χ3v) is 7.66. The topological polar surface area (TPSA) is 73.2 Å². The van der Waals surface area contributed by atoms with Gasteiger partial charge in [0.05, 0.1) is 17.1 Å². The summed E-state index contributed by atoms with van der Waals surface area (Å²) < 4.78 is 33.2. The normalized spacial score (nSPS) is 18.3. The SMILES string of the molecule is Cc1ccc(S(=O)(=O)n2ncc3c(OCC4CCCCN4)cccc32)s1. The number of rotatable bonds is 5. The zero-order valence-electron chi connectivity index (χ0n) is 14.5. The maximum atomic E-state index is 12.9. The van der Waals surface area contributed by atoms with Crippen LogP contribution in [0.5, 0.6) is 5.75 Å². The zero-order chi connectivity index (χ0) is 18.1. The van der Waals surface area contributed by atoms with Gasteiger partial charge in [-0.1, -0.05) is 12.5 Å². The summed E-state index contributed by atoms with van der Waals surface area (Å²) in [6.45, 7) is 3.48. The second kappa shape index (κ2) is 7.02. The monoisotopic (exact) mass is 391 g/mol. The highest BCUT2D eigenvalue weighted by Crippen LogP contribution is 2.30. The van der Waals surface area contributed by atoms with E-state index in [1.165, 1.54) is 24.2 Å². The molecule has 26 heavy (non-hydrogen) atoms. The molecule has 6 nitrogen and oxygen atoms in total. The Balaban J connectivity index is 1.64. The number of aromatic nitrogens is 2. The van der Waals surface area contributed by atoms with Crippen molar-refractivity contribution in [2.24, 2.45) is 0 Å². The third kappa shape index (κ3) is 3.24. The van der Waals surface area contributed by atoms with Crippen LogP contribution in [0.4, 0.5) is 0 Å². The van der Waals surface area contributed by atoms with E-state index in [4.69, 9.17) is 4.74 Å². The van der Waals surface area contributed by atoms with Gasteiger partial charge in [0.2, 0.25) is 0 Å². The van der Waals surface area contributed by atoms with Gasteiger partial charge in [-0.3, -0.25) is 0 Å². The number of benzene rings is 1. The van der Waals surface area contributed by atoms with Crippen molar-refractivity contribution in [2.45, 2.75) is 36.4 Å². The van der Waals surface area contributed by atoms with Crippen LogP contribution in [-0.4, -0.2) is 36.8 Å². The number of piperidine rings is 1. The first-order valence-electron chi connectivity index (χ1n) is 8.70. The highest BCUT2D eigenvalue weighted by molar-refractivity contribution is 7.92. The van der Waals surface area contributed by atoms with Crippen LogP contribution in [0.25, 0.3) is 10.9 Å². The number of nitrogens with one attached hydrogen (secondary N) is 1. The molecule has 0 radical (unpaired) electrons. The van der Waals surface area contributed by atoms with E-state index >= 15 is 0 Å². The van der Waals surface area contributed by atoms with Crippen LogP contribution in [0.2, 0.25) is 0 Å². The van der Waals surface area contributed by atoms with Crippen molar-refractivity contribution in [3.63, 3.8) is 0 Å². The van der Waals surface area contributed by atoms with Crippen LogP contribution in [0.15, 0.2) is 40.7 Å². The molecule has 0 saturated carbocycles. The maximum Gasteiger partial charge on any atom is 0.293 e. The summed E-state index contributed by atoms with van der Waals surface area (Å²) in [5.74, 6) is 0.665. The van der Waals surface area contributed by atoms with Crippen molar-refractivity contribution in [1.29, 1.82) is 0 Å². The van der Waals surface area contributed by atoms with Gasteiger partial charge in [0, 0.05) is 10.9 Å². The van der Waals surface area contributed by atoms with Crippen LogP contribution >= 0.6 is 11.3 Å². The average molecular weight is 392 g/mol. The first kappa shape index (κ1) is 17.5. The first-order valence-corrected chi connectivity index (χ1v) is 11.0. The summed E-state index contributed by atoms with van der Waals surface area (Å²) >= 11 is 1.25. The molecule has 138 valence electrons. The summed E-state index contributed by atoms with van der Waals surface area (Å²) in [5.41, 5.74) is 0.533. The van der Waals surface area contributed by atoms with Crippen molar-refractivity contribution >= 4 is 32.3 Å². The van der Waals surface area contributed by atoms with E-state index in [0.29, 0.717) is 29.3 Å². The lowest BCUT2D eigenvalue weighted by atomic mass is 10.1. The lowest BCUT2D eigenvalue weighted by Crippen LogP contribution is -2.38. The second-order valence-corrected chi connectivity index (χ2v) is 9.79. The van der Waals surface area contributed by atoms with E-state index in [0.717, 1.165) is 21.9 Å². The number of ether oxygens (including phenoxy) is 1. The molecule has 1 atom stereocenters. The van der Waals surface area contributed by atoms with Crippen LogP contribution in [0.1, 0.15) is 24.1 Å². The lowest BCUT2D eigenvalue weighted by Gasteiger charge is -2.23. The molecule has 1 saturated heterocycles. The van der Waals surface area contributed by atoms with Gasteiger partial charge >= 0.3 is 0 Å². The van der Waals surface area contributed by atoms with Crippen molar-refractivity contribution in [1.82, 2.24) is 14.5 Å². The number of aryl methyl sites for hydroxylation is 1. The Bertz CT molecular complexity index is 1020. The van der Waals surface area contributed by atoms with Gasteiger partial charge in [-0.15, -0.1) is 11.3 Å². The van der Waals surface area contributed by atoms with Gasteiger partial charge in [0.25, 0.3) is 10.0 Å². The molecule has 0 amide bonds. The second-order valence-electron chi connectivity index (χ2n) is 6.50. The van der Waals surface area contributed by atoms with Gasteiger partial charge in [-0.25, -0.2) is 0 Å². The highest BCUT2D eigenvalue weighted by atomic mass is 32.2. The molecule has 1 N–H and O–H groups in total. The third-order valence-electron chi connectivity index (χ3n) is 4.59. The fourth-order valence-electron chi connectivity index (χ4n) is 3.21. The molecule has 1 unspecified atom stereocenters. The molecule has 2 aromatic heterocycles. The molecule has 1 aliphatic rings. The van der Waals surface area contributed by atoms with Crippen LogP contribution < -0.4 is 10.1 Å². The summed E-state index contributed by atoms with van der Waals surface area (Å²) in [5, 5.41) is 8.31. The molecular formula is C18H21N3O3S2. The highest BCUT2D eigenvalue weighted by Gasteiger charge is 2.23. The minimum atomic E-state index is -3.70. The molecule has 4 rings (SSSR count). The molecule has 1 aliphatic heterocycles. The smallest absolute Gasteiger partial charge is 0.293 e. The Morgan fingerprint density at radius 3 is 2.92 bits per heavy atom. The first-order chi connectivity index (χ1) is 12.6. The Morgan fingerprint density at radius 1 is 1.31 bits per heavy atom. The molecule has 3 aromatic rings. The Hall–Kier alpha value is -1.90. The zero-order valence-corrected chi connectivity index (χ0v) is 16.1. The number of nitrogens with zero attached hydrogens (tertiary/aromatic N) is 2. The summed E-state index contributed by atoms with van der Waals surface area (Å²) in [6.07, 6.45) is 5.08. The fraction of sp³-hybridized carbons (Fsp3) is 0.389. The minimum absolute atomic E-state index is 0.290.